The topological polar surface area (TPSA) is 83.1 Å². The number of carbonyl (C=O) groups excluding carboxylic acids is 2. The SMILES string of the molecule is Cc1ccc2nc(-c3ccc(NC(=O)C[C@H]4NCCNC4=O)cc3)sc2c1. The predicted octanol–water partition coefficient (Wildman–Crippen LogP) is 2.69. The second-order valence-electron chi connectivity index (χ2n) is 6.62. The van der Waals surface area contributed by atoms with E-state index in [1.54, 1.807) is 11.3 Å². The van der Waals surface area contributed by atoms with E-state index in [-0.39, 0.29) is 18.2 Å². The minimum atomic E-state index is -0.468. The van der Waals surface area contributed by atoms with Crippen molar-refractivity contribution in [2.45, 2.75) is 19.4 Å². The van der Waals surface area contributed by atoms with Crippen LogP contribution in [0.3, 0.4) is 0 Å². The van der Waals surface area contributed by atoms with Gasteiger partial charge in [0, 0.05) is 24.3 Å². The standard InChI is InChI=1S/C20H20N4O2S/c1-12-2-7-15-17(10-12)27-20(24-15)13-3-5-14(6-4-13)23-18(25)11-16-19(26)22-9-8-21-16/h2-7,10,16,21H,8-9,11H2,1H3,(H,22,26)(H,23,25)/t16-/m1/s1. The Bertz CT molecular complexity index is 997. The summed E-state index contributed by atoms with van der Waals surface area (Å²) >= 11 is 1.66. The minimum absolute atomic E-state index is 0.116. The molecule has 1 atom stereocenters. The van der Waals surface area contributed by atoms with Crippen molar-refractivity contribution in [3.05, 3.63) is 48.0 Å². The van der Waals surface area contributed by atoms with Gasteiger partial charge in [-0.25, -0.2) is 4.98 Å². The number of aromatic nitrogens is 1. The molecule has 1 aromatic heterocycles. The number of nitrogens with one attached hydrogen (secondary N) is 3. The fourth-order valence-electron chi connectivity index (χ4n) is 3.06. The van der Waals surface area contributed by atoms with Crippen LogP contribution >= 0.6 is 11.3 Å². The molecule has 3 N–H and O–H groups in total. The number of piperazine rings is 1. The highest BCUT2D eigenvalue weighted by Crippen LogP contribution is 2.31. The molecule has 4 rings (SSSR count). The number of aryl methyl sites for hydroxylation is 1. The van der Waals surface area contributed by atoms with Crippen LogP contribution < -0.4 is 16.0 Å². The number of rotatable bonds is 4. The van der Waals surface area contributed by atoms with Crippen LogP contribution in [0.2, 0.25) is 0 Å². The number of hydrogen-bond donors (Lipinski definition) is 3. The zero-order valence-electron chi connectivity index (χ0n) is 14.9. The van der Waals surface area contributed by atoms with Gasteiger partial charge < -0.3 is 16.0 Å². The van der Waals surface area contributed by atoms with Gasteiger partial charge in [0.25, 0.3) is 0 Å². The van der Waals surface area contributed by atoms with Crippen molar-refractivity contribution in [1.82, 2.24) is 15.6 Å². The van der Waals surface area contributed by atoms with Crippen LogP contribution in [-0.2, 0) is 9.59 Å². The van der Waals surface area contributed by atoms with E-state index >= 15 is 0 Å². The van der Waals surface area contributed by atoms with Gasteiger partial charge in [-0.15, -0.1) is 11.3 Å². The Morgan fingerprint density at radius 3 is 2.81 bits per heavy atom. The lowest BCUT2D eigenvalue weighted by Gasteiger charge is -2.22. The number of thiazole rings is 1. The molecule has 27 heavy (non-hydrogen) atoms. The molecule has 0 saturated carbocycles. The third kappa shape index (κ3) is 3.99. The van der Waals surface area contributed by atoms with Crippen LogP contribution in [0.25, 0.3) is 20.8 Å². The summed E-state index contributed by atoms with van der Waals surface area (Å²) in [6.45, 7) is 3.35. The highest BCUT2D eigenvalue weighted by atomic mass is 32.1. The summed E-state index contributed by atoms with van der Waals surface area (Å²) in [7, 11) is 0. The first-order chi connectivity index (χ1) is 13.1. The van der Waals surface area contributed by atoms with Crippen molar-refractivity contribution in [3.8, 4) is 10.6 Å². The van der Waals surface area contributed by atoms with Gasteiger partial charge in [0.2, 0.25) is 11.8 Å². The summed E-state index contributed by atoms with van der Waals surface area (Å²) in [6, 6.07) is 13.4. The Hall–Kier alpha value is -2.77. The molecule has 1 fully saturated rings. The number of hydrogen-bond acceptors (Lipinski definition) is 5. The number of anilines is 1. The minimum Gasteiger partial charge on any atom is -0.353 e. The van der Waals surface area contributed by atoms with Crippen LogP contribution in [0.5, 0.6) is 0 Å². The second kappa shape index (κ2) is 7.46. The molecule has 138 valence electrons. The van der Waals surface area contributed by atoms with Crippen molar-refractivity contribution in [3.63, 3.8) is 0 Å². The summed E-state index contributed by atoms with van der Waals surface area (Å²) in [5, 5.41) is 9.61. The van der Waals surface area contributed by atoms with E-state index in [4.69, 9.17) is 0 Å². The van der Waals surface area contributed by atoms with Gasteiger partial charge in [-0.3, -0.25) is 9.59 Å². The summed E-state index contributed by atoms with van der Waals surface area (Å²) in [5.74, 6) is -0.314. The summed E-state index contributed by atoms with van der Waals surface area (Å²) < 4.78 is 1.17. The van der Waals surface area contributed by atoms with E-state index in [1.165, 1.54) is 10.3 Å². The molecule has 6 nitrogen and oxygen atoms in total. The Labute approximate surface area is 161 Å². The molecule has 0 unspecified atom stereocenters. The maximum Gasteiger partial charge on any atom is 0.237 e. The average Bonchev–Trinajstić information content (AvgIpc) is 3.07. The first-order valence-corrected chi connectivity index (χ1v) is 9.69. The molecule has 0 radical (unpaired) electrons. The van der Waals surface area contributed by atoms with Crippen molar-refractivity contribution >= 4 is 39.1 Å². The molecule has 0 bridgehead atoms. The van der Waals surface area contributed by atoms with E-state index in [1.807, 2.05) is 30.3 Å². The van der Waals surface area contributed by atoms with Crippen LogP contribution in [0.15, 0.2) is 42.5 Å². The van der Waals surface area contributed by atoms with E-state index < -0.39 is 6.04 Å². The van der Waals surface area contributed by atoms with Gasteiger partial charge in [0.1, 0.15) is 5.01 Å². The Morgan fingerprint density at radius 2 is 2.04 bits per heavy atom. The highest BCUT2D eigenvalue weighted by molar-refractivity contribution is 7.21. The monoisotopic (exact) mass is 380 g/mol. The fourth-order valence-corrected chi connectivity index (χ4v) is 4.13. The fraction of sp³-hybridized carbons (Fsp3) is 0.250. The lowest BCUT2D eigenvalue weighted by Crippen LogP contribution is -2.53. The normalized spacial score (nSPS) is 16.9. The molecule has 2 heterocycles. The second-order valence-corrected chi connectivity index (χ2v) is 7.65. The molecule has 1 saturated heterocycles. The zero-order chi connectivity index (χ0) is 18.8. The van der Waals surface area contributed by atoms with E-state index in [0.29, 0.717) is 18.8 Å². The largest absolute Gasteiger partial charge is 0.353 e. The number of benzene rings is 2. The molecule has 3 aromatic rings. The molecule has 1 aliphatic heterocycles. The number of carbonyl (C=O) groups is 2. The first kappa shape index (κ1) is 17.6. The lowest BCUT2D eigenvalue weighted by atomic mass is 10.1. The van der Waals surface area contributed by atoms with Crippen LogP contribution in [0.1, 0.15) is 12.0 Å². The van der Waals surface area contributed by atoms with Gasteiger partial charge in [0.15, 0.2) is 0 Å². The highest BCUT2D eigenvalue weighted by Gasteiger charge is 2.24. The van der Waals surface area contributed by atoms with Gasteiger partial charge >= 0.3 is 0 Å². The lowest BCUT2D eigenvalue weighted by molar-refractivity contribution is -0.127. The van der Waals surface area contributed by atoms with Crippen molar-refractivity contribution in [2.75, 3.05) is 18.4 Å². The van der Waals surface area contributed by atoms with E-state index in [9.17, 15) is 9.59 Å². The molecule has 1 aliphatic rings. The smallest absolute Gasteiger partial charge is 0.237 e. The predicted molar refractivity (Wildman–Crippen MR) is 108 cm³/mol. The Balaban J connectivity index is 1.43. The molecule has 0 aliphatic carbocycles. The van der Waals surface area contributed by atoms with Crippen LogP contribution in [-0.4, -0.2) is 35.9 Å². The van der Waals surface area contributed by atoms with Crippen LogP contribution in [0.4, 0.5) is 5.69 Å². The molecular formula is C20H20N4O2S. The average molecular weight is 380 g/mol. The third-order valence-corrected chi connectivity index (χ3v) is 5.55. The maximum absolute atomic E-state index is 12.2. The summed E-state index contributed by atoms with van der Waals surface area (Å²) in [5.41, 5.74) is 3.94. The molecule has 2 amide bonds. The number of amides is 2. The molecule has 7 heteroatoms. The van der Waals surface area contributed by atoms with Gasteiger partial charge in [-0.2, -0.15) is 0 Å². The molecule has 2 aromatic carbocycles. The van der Waals surface area contributed by atoms with E-state index in [2.05, 4.69) is 40.0 Å². The molecular weight excluding hydrogens is 360 g/mol. The number of nitrogens with zero attached hydrogens (tertiary/aromatic N) is 1. The molecule has 0 spiro atoms. The zero-order valence-corrected chi connectivity index (χ0v) is 15.7. The van der Waals surface area contributed by atoms with Crippen molar-refractivity contribution in [1.29, 1.82) is 0 Å². The Morgan fingerprint density at radius 1 is 1.22 bits per heavy atom. The maximum atomic E-state index is 12.2. The number of fused-ring (bicyclic) bond motifs is 1. The van der Waals surface area contributed by atoms with Gasteiger partial charge in [0.05, 0.1) is 22.7 Å². The van der Waals surface area contributed by atoms with Crippen molar-refractivity contribution < 1.29 is 9.59 Å². The van der Waals surface area contributed by atoms with Crippen molar-refractivity contribution in [2.24, 2.45) is 0 Å². The summed E-state index contributed by atoms with van der Waals surface area (Å²) in [4.78, 5) is 28.6. The van der Waals surface area contributed by atoms with Gasteiger partial charge in [-0.1, -0.05) is 6.07 Å². The Kier molecular flexibility index (Phi) is 4.87. The van der Waals surface area contributed by atoms with Gasteiger partial charge in [-0.05, 0) is 48.9 Å². The first-order valence-electron chi connectivity index (χ1n) is 8.87. The quantitative estimate of drug-likeness (QED) is 0.650. The van der Waals surface area contributed by atoms with E-state index in [0.717, 1.165) is 16.1 Å². The summed E-state index contributed by atoms with van der Waals surface area (Å²) in [6.07, 6.45) is 0.116. The van der Waals surface area contributed by atoms with Crippen LogP contribution in [0, 0.1) is 6.92 Å². The third-order valence-electron chi connectivity index (χ3n) is 4.48.